The van der Waals surface area contributed by atoms with Crippen LogP contribution in [0, 0.1) is 0 Å². The van der Waals surface area contributed by atoms with E-state index in [1.54, 1.807) is 11.3 Å². The van der Waals surface area contributed by atoms with Gasteiger partial charge >= 0.3 is 0 Å². The summed E-state index contributed by atoms with van der Waals surface area (Å²) in [7, 11) is 4.11. The Morgan fingerprint density at radius 1 is 1.21 bits per heavy atom. The Kier molecular flexibility index (Phi) is 5.69. The van der Waals surface area contributed by atoms with Gasteiger partial charge in [0.2, 0.25) is 5.91 Å². The number of carbonyl (C=O) groups excluding carboxylic acids is 1. The molecule has 1 aromatic carbocycles. The van der Waals surface area contributed by atoms with Crippen molar-refractivity contribution in [2.24, 2.45) is 0 Å². The average Bonchev–Trinajstić information content (AvgIpc) is 3.09. The minimum atomic E-state index is 0.104. The molecule has 0 radical (unpaired) electrons. The number of aryl methyl sites for hydroxylation is 2. The summed E-state index contributed by atoms with van der Waals surface area (Å²) in [5, 5.41) is 7.34. The van der Waals surface area contributed by atoms with Crippen molar-refractivity contribution in [1.82, 2.24) is 10.2 Å². The van der Waals surface area contributed by atoms with Crippen LogP contribution >= 0.6 is 11.3 Å². The number of hydrogen-bond acceptors (Lipinski definition) is 3. The lowest BCUT2D eigenvalue weighted by Crippen LogP contribution is -2.35. The largest absolute Gasteiger partial charge is 0.354 e. The van der Waals surface area contributed by atoms with E-state index in [0.717, 1.165) is 12.0 Å². The third-order valence-electron chi connectivity index (χ3n) is 4.82. The zero-order valence-corrected chi connectivity index (χ0v) is 15.4. The van der Waals surface area contributed by atoms with E-state index in [9.17, 15) is 4.79 Å². The normalized spacial score (nSPS) is 15.1. The lowest BCUT2D eigenvalue weighted by Gasteiger charge is -2.24. The topological polar surface area (TPSA) is 32.3 Å². The monoisotopic (exact) mass is 342 g/mol. The summed E-state index contributed by atoms with van der Waals surface area (Å²) < 4.78 is 0. The predicted molar refractivity (Wildman–Crippen MR) is 101 cm³/mol. The maximum Gasteiger partial charge on any atom is 0.224 e. The van der Waals surface area contributed by atoms with Crippen molar-refractivity contribution in [2.75, 3.05) is 20.6 Å². The quantitative estimate of drug-likeness (QED) is 0.870. The zero-order chi connectivity index (χ0) is 16.9. The van der Waals surface area contributed by atoms with Crippen LogP contribution in [0.2, 0.25) is 0 Å². The third-order valence-corrected chi connectivity index (χ3v) is 5.52. The Bertz CT molecular complexity index is 679. The molecule has 24 heavy (non-hydrogen) atoms. The molecule has 0 spiro atoms. The van der Waals surface area contributed by atoms with E-state index in [1.807, 2.05) is 0 Å². The number of nitrogens with zero attached hydrogens (tertiary/aromatic N) is 1. The van der Waals surface area contributed by atoms with Crippen molar-refractivity contribution in [3.63, 3.8) is 0 Å². The van der Waals surface area contributed by atoms with Crippen LogP contribution in [-0.2, 0) is 24.1 Å². The summed E-state index contributed by atoms with van der Waals surface area (Å²) in [5.74, 6) is 0.104. The number of nitrogens with one attached hydrogen (secondary N) is 1. The Hall–Kier alpha value is -1.65. The molecule has 0 fully saturated rings. The van der Waals surface area contributed by atoms with E-state index in [1.165, 1.54) is 36.0 Å². The van der Waals surface area contributed by atoms with Crippen LogP contribution < -0.4 is 5.32 Å². The number of amides is 1. The predicted octanol–water partition coefficient (Wildman–Crippen LogP) is 3.59. The molecule has 2 aromatic rings. The van der Waals surface area contributed by atoms with Crippen LogP contribution in [0.15, 0.2) is 35.0 Å². The standard InChI is InChI=1S/C20H26N2OS/c1-22(2)19(18-9-10-24-14-18)13-21-20(23)12-15-7-8-16-5-3-4-6-17(16)11-15/h7-11,14,19H,3-6,12-13H2,1-2H3,(H,21,23). The van der Waals surface area contributed by atoms with Gasteiger partial charge in [-0.1, -0.05) is 18.2 Å². The smallest absolute Gasteiger partial charge is 0.224 e. The van der Waals surface area contributed by atoms with Gasteiger partial charge in [0.25, 0.3) is 0 Å². The van der Waals surface area contributed by atoms with Gasteiger partial charge in [-0.05, 0) is 78.9 Å². The molecule has 0 saturated heterocycles. The molecule has 128 valence electrons. The van der Waals surface area contributed by atoms with Crippen molar-refractivity contribution in [3.05, 3.63) is 57.3 Å². The number of benzene rings is 1. The average molecular weight is 343 g/mol. The van der Waals surface area contributed by atoms with Gasteiger partial charge in [0.1, 0.15) is 0 Å². The van der Waals surface area contributed by atoms with Crippen LogP contribution in [0.25, 0.3) is 0 Å². The number of likely N-dealkylation sites (N-methyl/N-ethyl adjacent to an activating group) is 1. The van der Waals surface area contributed by atoms with Gasteiger partial charge in [-0.15, -0.1) is 0 Å². The fraction of sp³-hybridized carbons (Fsp3) is 0.450. The highest BCUT2D eigenvalue weighted by molar-refractivity contribution is 7.07. The Balaban J connectivity index is 1.57. The minimum Gasteiger partial charge on any atom is -0.354 e. The number of hydrogen-bond donors (Lipinski definition) is 1. The Morgan fingerprint density at radius 2 is 2.00 bits per heavy atom. The maximum absolute atomic E-state index is 12.4. The third kappa shape index (κ3) is 4.25. The van der Waals surface area contributed by atoms with Crippen LogP contribution in [0.5, 0.6) is 0 Å². The van der Waals surface area contributed by atoms with E-state index in [2.05, 4.69) is 59.3 Å². The molecule has 1 aliphatic rings. The van der Waals surface area contributed by atoms with Gasteiger partial charge in [0.15, 0.2) is 0 Å². The lowest BCUT2D eigenvalue weighted by molar-refractivity contribution is -0.120. The minimum absolute atomic E-state index is 0.104. The second kappa shape index (κ2) is 7.95. The second-order valence-corrected chi connectivity index (χ2v) is 7.61. The molecule has 1 amide bonds. The molecular formula is C20H26N2OS. The number of carbonyl (C=O) groups is 1. The van der Waals surface area contributed by atoms with Gasteiger partial charge in [-0.3, -0.25) is 4.79 Å². The fourth-order valence-electron chi connectivity index (χ4n) is 3.42. The van der Waals surface area contributed by atoms with Gasteiger partial charge in [0, 0.05) is 6.54 Å². The van der Waals surface area contributed by atoms with Crippen molar-refractivity contribution < 1.29 is 4.79 Å². The molecule has 3 nitrogen and oxygen atoms in total. The summed E-state index contributed by atoms with van der Waals surface area (Å²) in [6.07, 6.45) is 5.38. The highest BCUT2D eigenvalue weighted by Crippen LogP contribution is 2.23. The molecule has 1 aliphatic carbocycles. The van der Waals surface area contributed by atoms with Crippen molar-refractivity contribution in [3.8, 4) is 0 Å². The van der Waals surface area contributed by atoms with Gasteiger partial charge in [-0.25, -0.2) is 0 Å². The second-order valence-electron chi connectivity index (χ2n) is 6.83. The molecule has 1 aromatic heterocycles. The van der Waals surface area contributed by atoms with Crippen LogP contribution in [-0.4, -0.2) is 31.4 Å². The molecule has 0 saturated carbocycles. The number of rotatable bonds is 6. The summed E-state index contributed by atoms with van der Waals surface area (Å²) in [6.45, 7) is 0.646. The molecule has 1 atom stereocenters. The molecule has 1 heterocycles. The Morgan fingerprint density at radius 3 is 2.71 bits per heavy atom. The molecule has 4 heteroatoms. The van der Waals surface area contributed by atoms with Crippen molar-refractivity contribution in [2.45, 2.75) is 38.1 Å². The van der Waals surface area contributed by atoms with Gasteiger partial charge in [-0.2, -0.15) is 11.3 Å². The van der Waals surface area contributed by atoms with Crippen LogP contribution in [0.1, 0.15) is 41.1 Å². The molecule has 0 bridgehead atoms. The van der Waals surface area contributed by atoms with Crippen molar-refractivity contribution in [1.29, 1.82) is 0 Å². The Labute approximate surface area is 148 Å². The summed E-state index contributed by atoms with van der Waals surface area (Å²) >= 11 is 1.70. The molecule has 1 unspecified atom stereocenters. The van der Waals surface area contributed by atoms with Crippen LogP contribution in [0.3, 0.4) is 0 Å². The summed E-state index contributed by atoms with van der Waals surface area (Å²) in [6, 6.07) is 8.92. The summed E-state index contributed by atoms with van der Waals surface area (Å²) in [5.41, 5.74) is 5.30. The van der Waals surface area contributed by atoms with E-state index in [0.29, 0.717) is 13.0 Å². The van der Waals surface area contributed by atoms with Gasteiger partial charge < -0.3 is 10.2 Å². The maximum atomic E-state index is 12.4. The summed E-state index contributed by atoms with van der Waals surface area (Å²) in [4.78, 5) is 14.5. The first kappa shape index (κ1) is 17.2. The molecule has 0 aliphatic heterocycles. The van der Waals surface area contributed by atoms with E-state index >= 15 is 0 Å². The fourth-order valence-corrected chi connectivity index (χ4v) is 4.13. The van der Waals surface area contributed by atoms with Crippen molar-refractivity contribution >= 4 is 17.2 Å². The number of fused-ring (bicyclic) bond motifs is 1. The van der Waals surface area contributed by atoms with E-state index in [4.69, 9.17) is 0 Å². The van der Waals surface area contributed by atoms with E-state index < -0.39 is 0 Å². The first-order chi connectivity index (χ1) is 11.6. The number of thiophene rings is 1. The van der Waals surface area contributed by atoms with Gasteiger partial charge in [0.05, 0.1) is 12.5 Å². The zero-order valence-electron chi connectivity index (χ0n) is 14.5. The lowest BCUT2D eigenvalue weighted by atomic mass is 9.90. The molecule has 3 rings (SSSR count). The SMILES string of the molecule is CN(C)C(CNC(=O)Cc1ccc2c(c1)CCCC2)c1ccsc1. The highest BCUT2D eigenvalue weighted by atomic mass is 32.1. The van der Waals surface area contributed by atoms with E-state index in [-0.39, 0.29) is 11.9 Å². The molecule has 1 N–H and O–H groups in total. The first-order valence-corrected chi connectivity index (χ1v) is 9.63. The highest BCUT2D eigenvalue weighted by Gasteiger charge is 2.16. The van der Waals surface area contributed by atoms with Crippen LogP contribution in [0.4, 0.5) is 0 Å². The first-order valence-electron chi connectivity index (χ1n) is 8.69. The molecular weight excluding hydrogens is 316 g/mol.